The molecule has 0 bridgehead atoms. The summed E-state index contributed by atoms with van der Waals surface area (Å²) in [6, 6.07) is 7.69. The fourth-order valence-corrected chi connectivity index (χ4v) is 3.00. The van der Waals surface area contributed by atoms with Crippen molar-refractivity contribution in [2.75, 3.05) is 13.2 Å². The van der Waals surface area contributed by atoms with Crippen LogP contribution in [0.1, 0.15) is 46.6 Å². The Hall–Kier alpha value is -0.110. The molecule has 0 spiro atoms. The topological polar surface area (TPSA) is 75.7 Å². The standard InChI is InChI=1S/C16H26O5S.Na/c1-15(2,3)12-16(4,5)13-6-8-14(9-7-13)20-10-11-21-22(17,18)19;/h6-9H,10-12H2,1-5H3,(H,17,18,19);/q;+1/p-1. The average molecular weight is 352 g/mol. The molecule has 1 aromatic carbocycles. The molecule has 0 unspecified atom stereocenters. The first kappa shape index (κ1) is 22.9. The van der Waals surface area contributed by atoms with Crippen molar-refractivity contribution in [3.05, 3.63) is 29.8 Å². The zero-order valence-corrected chi connectivity index (χ0v) is 17.7. The van der Waals surface area contributed by atoms with Crippen LogP contribution in [0.15, 0.2) is 24.3 Å². The Balaban J connectivity index is 0.00000484. The Bertz CT molecular complexity index is 573. The van der Waals surface area contributed by atoms with E-state index in [1.165, 1.54) is 5.56 Å². The molecule has 0 aliphatic rings. The van der Waals surface area contributed by atoms with Crippen LogP contribution in [0.4, 0.5) is 0 Å². The second-order valence-corrected chi connectivity index (χ2v) is 8.28. The van der Waals surface area contributed by atoms with Crippen LogP contribution in [0.3, 0.4) is 0 Å². The smallest absolute Gasteiger partial charge is 0.726 e. The van der Waals surface area contributed by atoms with Gasteiger partial charge in [-0.25, -0.2) is 8.42 Å². The molecule has 0 fully saturated rings. The van der Waals surface area contributed by atoms with E-state index >= 15 is 0 Å². The van der Waals surface area contributed by atoms with Gasteiger partial charge in [0.2, 0.25) is 10.4 Å². The number of ether oxygens (including phenoxy) is 1. The van der Waals surface area contributed by atoms with Gasteiger partial charge in [0.1, 0.15) is 12.4 Å². The summed E-state index contributed by atoms with van der Waals surface area (Å²) in [5.74, 6) is 0.613. The molecule has 1 rings (SSSR count). The first-order chi connectivity index (χ1) is 9.89. The Morgan fingerprint density at radius 2 is 1.52 bits per heavy atom. The van der Waals surface area contributed by atoms with Gasteiger partial charge in [-0.2, -0.15) is 0 Å². The molecular formula is C16H25NaO5S. The van der Waals surface area contributed by atoms with E-state index in [1.807, 2.05) is 24.3 Å². The second-order valence-electron chi connectivity index (χ2n) is 7.22. The van der Waals surface area contributed by atoms with Gasteiger partial charge in [0.05, 0.1) is 6.61 Å². The van der Waals surface area contributed by atoms with E-state index in [1.54, 1.807) is 0 Å². The van der Waals surface area contributed by atoms with E-state index in [2.05, 4.69) is 38.8 Å². The Labute approximate surface area is 162 Å². The van der Waals surface area contributed by atoms with Crippen LogP contribution in [0, 0.1) is 5.41 Å². The molecule has 0 saturated carbocycles. The van der Waals surface area contributed by atoms with E-state index in [9.17, 15) is 13.0 Å². The summed E-state index contributed by atoms with van der Waals surface area (Å²) in [6.07, 6.45) is 1.05. The van der Waals surface area contributed by atoms with Gasteiger partial charge in [0, 0.05) is 0 Å². The van der Waals surface area contributed by atoms with Crippen LogP contribution in [0.5, 0.6) is 5.75 Å². The van der Waals surface area contributed by atoms with Crippen LogP contribution in [-0.4, -0.2) is 26.2 Å². The fraction of sp³-hybridized carbons (Fsp3) is 0.625. The molecule has 0 heterocycles. The third-order valence-corrected chi connectivity index (χ3v) is 3.64. The van der Waals surface area contributed by atoms with Crippen LogP contribution in [-0.2, 0) is 20.0 Å². The monoisotopic (exact) mass is 352 g/mol. The fourth-order valence-electron chi connectivity index (χ4n) is 2.73. The van der Waals surface area contributed by atoms with Gasteiger partial charge in [-0.3, -0.25) is 4.18 Å². The van der Waals surface area contributed by atoms with Gasteiger partial charge in [-0.1, -0.05) is 46.8 Å². The third kappa shape index (κ3) is 9.69. The molecule has 1 aromatic rings. The van der Waals surface area contributed by atoms with Crippen LogP contribution < -0.4 is 34.3 Å². The summed E-state index contributed by atoms with van der Waals surface area (Å²) in [6.45, 7) is 10.8. The molecule has 0 amide bonds. The molecule has 0 aliphatic carbocycles. The van der Waals surface area contributed by atoms with Gasteiger partial charge in [-0.05, 0) is 34.9 Å². The Kier molecular flexibility index (Phi) is 8.79. The first-order valence-corrected chi connectivity index (χ1v) is 8.56. The molecule has 0 aliphatic heterocycles. The number of hydrogen-bond donors (Lipinski definition) is 0. The minimum Gasteiger partial charge on any atom is -0.726 e. The zero-order valence-electron chi connectivity index (χ0n) is 14.9. The number of rotatable bonds is 7. The van der Waals surface area contributed by atoms with Crippen molar-refractivity contribution < 1.29 is 51.4 Å². The van der Waals surface area contributed by atoms with E-state index in [0.29, 0.717) is 5.75 Å². The molecule has 0 aromatic heterocycles. The summed E-state index contributed by atoms with van der Waals surface area (Å²) < 4.78 is 40.3. The van der Waals surface area contributed by atoms with Crippen molar-refractivity contribution in [2.24, 2.45) is 5.41 Å². The molecular weight excluding hydrogens is 327 g/mol. The quantitative estimate of drug-likeness (QED) is 0.305. The SMILES string of the molecule is CC(C)(C)CC(C)(C)c1ccc(OCCOS(=O)(=O)[O-])cc1.[Na+]. The Morgan fingerprint density at radius 1 is 1.00 bits per heavy atom. The summed E-state index contributed by atoms with van der Waals surface area (Å²) in [5.41, 5.74) is 1.50. The molecule has 0 saturated heterocycles. The maximum atomic E-state index is 10.3. The Morgan fingerprint density at radius 3 is 1.96 bits per heavy atom. The summed E-state index contributed by atoms with van der Waals surface area (Å²) in [7, 11) is -4.65. The minimum absolute atomic E-state index is 0. The predicted octanol–water partition coefficient (Wildman–Crippen LogP) is 0.260. The second kappa shape index (κ2) is 8.83. The maximum Gasteiger partial charge on any atom is 1.00 e. The van der Waals surface area contributed by atoms with E-state index in [-0.39, 0.29) is 53.6 Å². The van der Waals surface area contributed by atoms with Gasteiger partial charge < -0.3 is 9.29 Å². The molecule has 0 radical (unpaired) electrons. The molecule has 23 heavy (non-hydrogen) atoms. The molecule has 0 N–H and O–H groups in total. The van der Waals surface area contributed by atoms with E-state index < -0.39 is 10.4 Å². The number of hydrogen-bond acceptors (Lipinski definition) is 5. The van der Waals surface area contributed by atoms with Crippen LogP contribution >= 0.6 is 0 Å². The van der Waals surface area contributed by atoms with Gasteiger partial charge in [0.15, 0.2) is 0 Å². The van der Waals surface area contributed by atoms with Gasteiger partial charge in [-0.15, -0.1) is 0 Å². The molecule has 7 heteroatoms. The largest absolute Gasteiger partial charge is 1.00 e. The number of benzene rings is 1. The summed E-state index contributed by atoms with van der Waals surface area (Å²) in [5, 5.41) is 0. The summed E-state index contributed by atoms with van der Waals surface area (Å²) >= 11 is 0. The van der Waals surface area contributed by atoms with Gasteiger partial charge in [0.25, 0.3) is 0 Å². The minimum atomic E-state index is -4.65. The predicted molar refractivity (Wildman–Crippen MR) is 84.7 cm³/mol. The summed E-state index contributed by atoms with van der Waals surface area (Å²) in [4.78, 5) is 0. The van der Waals surface area contributed by atoms with E-state index in [0.717, 1.165) is 6.42 Å². The van der Waals surface area contributed by atoms with Crippen molar-refractivity contribution in [2.45, 2.75) is 46.5 Å². The molecule has 0 atom stereocenters. The molecule has 126 valence electrons. The van der Waals surface area contributed by atoms with Crippen LogP contribution in [0.2, 0.25) is 0 Å². The first-order valence-electron chi connectivity index (χ1n) is 7.23. The normalized spacial score (nSPS) is 12.6. The van der Waals surface area contributed by atoms with Crippen molar-refractivity contribution in [3.8, 4) is 5.75 Å². The van der Waals surface area contributed by atoms with Crippen molar-refractivity contribution in [3.63, 3.8) is 0 Å². The van der Waals surface area contributed by atoms with Crippen molar-refractivity contribution in [1.82, 2.24) is 0 Å². The van der Waals surface area contributed by atoms with Crippen molar-refractivity contribution >= 4 is 10.4 Å². The van der Waals surface area contributed by atoms with E-state index in [4.69, 9.17) is 4.74 Å². The van der Waals surface area contributed by atoms with Crippen LogP contribution in [0.25, 0.3) is 0 Å². The maximum absolute atomic E-state index is 10.3. The zero-order chi connectivity index (χ0) is 17.0. The van der Waals surface area contributed by atoms with Gasteiger partial charge >= 0.3 is 29.6 Å². The third-order valence-electron chi connectivity index (χ3n) is 3.19. The molecule has 5 nitrogen and oxygen atoms in total. The van der Waals surface area contributed by atoms with Crippen molar-refractivity contribution in [1.29, 1.82) is 0 Å². The average Bonchev–Trinajstić information content (AvgIpc) is 2.31.